The molecule has 0 bridgehead atoms. The molecular formula is C21H14BrN3O4S. The Morgan fingerprint density at radius 3 is 2.63 bits per heavy atom. The van der Waals surface area contributed by atoms with Crippen molar-refractivity contribution in [2.45, 2.75) is 19.4 Å². The average Bonchev–Trinajstić information content (AvgIpc) is 3.32. The summed E-state index contributed by atoms with van der Waals surface area (Å²) >= 11 is 4.68. The fraction of sp³-hybridized carbons (Fsp3) is 0.143. The number of aromatic hydroxyl groups is 1. The highest BCUT2D eigenvalue weighted by molar-refractivity contribution is 9.10. The minimum atomic E-state index is -0.731. The molecule has 0 saturated carbocycles. The van der Waals surface area contributed by atoms with Crippen molar-refractivity contribution in [2.75, 3.05) is 4.90 Å². The van der Waals surface area contributed by atoms with Crippen LogP contribution in [0.15, 0.2) is 56.1 Å². The van der Waals surface area contributed by atoms with Crippen molar-refractivity contribution in [1.29, 1.82) is 0 Å². The summed E-state index contributed by atoms with van der Waals surface area (Å²) in [6, 6.07) is 10.8. The smallest absolute Gasteiger partial charge is 0.297 e. The highest BCUT2D eigenvalue weighted by Gasteiger charge is 2.45. The van der Waals surface area contributed by atoms with Crippen molar-refractivity contribution < 1.29 is 14.3 Å². The summed E-state index contributed by atoms with van der Waals surface area (Å²) in [6.45, 7) is 1.96. The molecule has 5 rings (SSSR count). The number of aryl methyl sites for hydroxylation is 1. The number of nitrogens with zero attached hydrogens (tertiary/aromatic N) is 3. The summed E-state index contributed by atoms with van der Waals surface area (Å²) in [7, 11) is 0. The maximum absolute atomic E-state index is 13.5. The van der Waals surface area contributed by atoms with Crippen molar-refractivity contribution in [3.63, 3.8) is 0 Å². The molecule has 1 unspecified atom stereocenters. The van der Waals surface area contributed by atoms with Crippen LogP contribution in [0.5, 0.6) is 5.75 Å². The highest BCUT2D eigenvalue weighted by atomic mass is 79.9. The maximum Gasteiger partial charge on any atom is 0.297 e. The monoisotopic (exact) mass is 483 g/mol. The Morgan fingerprint density at radius 1 is 1.17 bits per heavy atom. The first-order valence-electron chi connectivity index (χ1n) is 9.19. The van der Waals surface area contributed by atoms with Gasteiger partial charge in [0.05, 0.1) is 17.0 Å². The Kier molecular flexibility index (Phi) is 4.44. The molecule has 7 nitrogen and oxygen atoms in total. The molecule has 0 saturated heterocycles. The molecule has 3 heterocycles. The Bertz CT molecular complexity index is 1360. The first-order chi connectivity index (χ1) is 14.5. The Labute approximate surface area is 182 Å². The van der Waals surface area contributed by atoms with Crippen LogP contribution in [-0.2, 0) is 6.42 Å². The molecule has 0 fully saturated rings. The Balaban J connectivity index is 1.80. The molecule has 1 N–H and O–H groups in total. The van der Waals surface area contributed by atoms with Gasteiger partial charge in [0.25, 0.3) is 5.91 Å². The van der Waals surface area contributed by atoms with Crippen LogP contribution in [0, 0.1) is 0 Å². The summed E-state index contributed by atoms with van der Waals surface area (Å²) in [5, 5.41) is 19.6. The van der Waals surface area contributed by atoms with Gasteiger partial charge in [-0.15, -0.1) is 10.2 Å². The normalized spacial score (nSPS) is 15.7. The lowest BCUT2D eigenvalue weighted by Crippen LogP contribution is -2.29. The van der Waals surface area contributed by atoms with Gasteiger partial charge in [-0.1, -0.05) is 46.3 Å². The van der Waals surface area contributed by atoms with Crippen LogP contribution in [0.1, 0.15) is 39.7 Å². The van der Waals surface area contributed by atoms with E-state index >= 15 is 0 Å². The van der Waals surface area contributed by atoms with E-state index in [2.05, 4.69) is 26.1 Å². The molecule has 1 atom stereocenters. The molecule has 0 radical (unpaired) electrons. The molecule has 150 valence electrons. The van der Waals surface area contributed by atoms with Gasteiger partial charge in [0.1, 0.15) is 16.3 Å². The Hall–Kier alpha value is -3.04. The number of carbonyl (C=O) groups excluding carboxylic acids is 1. The molecule has 4 aromatic rings. The number of phenolic OH excluding ortho intramolecular Hbond substituents is 1. The number of aromatic nitrogens is 2. The predicted molar refractivity (Wildman–Crippen MR) is 116 cm³/mol. The third-order valence-corrected chi connectivity index (χ3v) is 6.57. The number of hydrogen-bond acceptors (Lipinski definition) is 7. The van der Waals surface area contributed by atoms with Crippen LogP contribution in [0.3, 0.4) is 0 Å². The van der Waals surface area contributed by atoms with Gasteiger partial charge in [0.15, 0.2) is 5.43 Å². The van der Waals surface area contributed by atoms with Crippen molar-refractivity contribution in [3.05, 3.63) is 79.1 Å². The lowest BCUT2D eigenvalue weighted by atomic mass is 9.98. The number of amides is 1. The van der Waals surface area contributed by atoms with Gasteiger partial charge in [-0.05, 0) is 42.3 Å². The summed E-state index contributed by atoms with van der Waals surface area (Å²) in [5.74, 6) is -0.349. The molecule has 1 amide bonds. The lowest BCUT2D eigenvalue weighted by molar-refractivity contribution is 0.0970. The van der Waals surface area contributed by atoms with E-state index < -0.39 is 11.9 Å². The maximum atomic E-state index is 13.5. The van der Waals surface area contributed by atoms with E-state index in [0.717, 1.165) is 9.48 Å². The number of fused-ring (bicyclic) bond motifs is 2. The third kappa shape index (κ3) is 2.85. The number of benzene rings is 2. The number of halogens is 1. The average molecular weight is 484 g/mol. The number of carbonyl (C=O) groups is 1. The van der Waals surface area contributed by atoms with E-state index in [-0.39, 0.29) is 22.5 Å². The molecule has 30 heavy (non-hydrogen) atoms. The van der Waals surface area contributed by atoms with Crippen LogP contribution in [0.4, 0.5) is 5.13 Å². The van der Waals surface area contributed by atoms with Crippen molar-refractivity contribution >= 4 is 49.3 Å². The topological polar surface area (TPSA) is 96.5 Å². The molecule has 9 heteroatoms. The molecule has 2 aromatic heterocycles. The van der Waals surface area contributed by atoms with Gasteiger partial charge in [0, 0.05) is 4.47 Å². The van der Waals surface area contributed by atoms with Crippen LogP contribution in [0.2, 0.25) is 0 Å². The Morgan fingerprint density at radius 2 is 1.93 bits per heavy atom. The second-order valence-electron chi connectivity index (χ2n) is 6.82. The van der Waals surface area contributed by atoms with Gasteiger partial charge in [0.2, 0.25) is 10.9 Å². The van der Waals surface area contributed by atoms with E-state index in [9.17, 15) is 14.7 Å². The van der Waals surface area contributed by atoms with Gasteiger partial charge in [-0.3, -0.25) is 14.5 Å². The standard InChI is InChI=1S/C21H14BrN3O4S/c1-2-15-23-24-21(30-15)25-17(10-3-6-12(26)7-4-10)16-18(27)13-9-11(22)5-8-14(13)29-19(16)20(25)28/h3-9,17,26H,2H2,1H3. The molecule has 0 aliphatic carbocycles. The number of anilines is 1. The van der Waals surface area contributed by atoms with Crippen molar-refractivity contribution in [1.82, 2.24) is 10.2 Å². The summed E-state index contributed by atoms with van der Waals surface area (Å²) in [6.07, 6.45) is 0.686. The third-order valence-electron chi connectivity index (χ3n) is 5.01. The summed E-state index contributed by atoms with van der Waals surface area (Å²) < 4.78 is 6.65. The quantitative estimate of drug-likeness (QED) is 0.463. The summed E-state index contributed by atoms with van der Waals surface area (Å²) in [4.78, 5) is 28.3. The minimum Gasteiger partial charge on any atom is -0.508 e. The van der Waals surface area contributed by atoms with E-state index in [4.69, 9.17) is 4.42 Å². The van der Waals surface area contributed by atoms with Gasteiger partial charge < -0.3 is 9.52 Å². The fourth-order valence-electron chi connectivity index (χ4n) is 3.60. The fourth-order valence-corrected chi connectivity index (χ4v) is 4.77. The molecular weight excluding hydrogens is 470 g/mol. The highest BCUT2D eigenvalue weighted by Crippen LogP contribution is 2.42. The number of phenols is 1. The van der Waals surface area contributed by atoms with E-state index in [1.807, 2.05) is 6.92 Å². The van der Waals surface area contributed by atoms with Crippen molar-refractivity contribution in [3.8, 4) is 5.75 Å². The SMILES string of the molecule is CCc1nnc(N2C(=O)c3oc4ccc(Br)cc4c(=O)c3C2c2ccc(O)cc2)s1. The largest absolute Gasteiger partial charge is 0.508 e. The van der Waals surface area contributed by atoms with Gasteiger partial charge in [-0.25, -0.2) is 0 Å². The van der Waals surface area contributed by atoms with E-state index in [0.29, 0.717) is 28.1 Å². The van der Waals surface area contributed by atoms with Gasteiger partial charge >= 0.3 is 0 Å². The zero-order valence-corrected chi connectivity index (χ0v) is 18.0. The predicted octanol–water partition coefficient (Wildman–Crippen LogP) is 4.42. The first kappa shape index (κ1) is 19.0. The lowest BCUT2D eigenvalue weighted by Gasteiger charge is -2.22. The van der Waals surface area contributed by atoms with Crippen molar-refractivity contribution in [2.24, 2.45) is 0 Å². The molecule has 2 aromatic carbocycles. The summed E-state index contributed by atoms with van der Waals surface area (Å²) in [5.41, 5.74) is 0.981. The second-order valence-corrected chi connectivity index (χ2v) is 8.77. The zero-order valence-electron chi connectivity index (χ0n) is 15.6. The van der Waals surface area contributed by atoms with Crippen LogP contribution >= 0.6 is 27.3 Å². The first-order valence-corrected chi connectivity index (χ1v) is 10.8. The van der Waals surface area contributed by atoms with Crippen LogP contribution in [0.25, 0.3) is 11.0 Å². The van der Waals surface area contributed by atoms with Gasteiger partial charge in [-0.2, -0.15) is 0 Å². The van der Waals surface area contributed by atoms with E-state index in [1.165, 1.54) is 28.4 Å². The number of rotatable bonds is 3. The number of hydrogen-bond donors (Lipinski definition) is 1. The molecule has 0 spiro atoms. The molecule has 1 aliphatic heterocycles. The molecule has 1 aliphatic rings. The second kappa shape index (κ2) is 7.03. The van der Waals surface area contributed by atoms with E-state index in [1.54, 1.807) is 30.3 Å². The van der Waals surface area contributed by atoms with Crippen LogP contribution in [-0.4, -0.2) is 21.2 Å². The van der Waals surface area contributed by atoms with Crippen LogP contribution < -0.4 is 10.3 Å². The minimum absolute atomic E-state index is 0.00106. The zero-order chi connectivity index (χ0) is 21.0.